The molecule has 0 aliphatic heterocycles. The van der Waals surface area contributed by atoms with E-state index in [2.05, 4.69) is 26.0 Å². The van der Waals surface area contributed by atoms with Gasteiger partial charge in [0, 0.05) is 5.92 Å². The van der Waals surface area contributed by atoms with Gasteiger partial charge in [-0.25, -0.2) is 9.78 Å². The Kier molecular flexibility index (Phi) is 3.27. The van der Waals surface area contributed by atoms with Crippen LogP contribution in [0.4, 0.5) is 0 Å². The summed E-state index contributed by atoms with van der Waals surface area (Å²) >= 11 is 0. The Bertz CT molecular complexity index is 711. The van der Waals surface area contributed by atoms with Crippen LogP contribution in [0.3, 0.4) is 0 Å². The van der Waals surface area contributed by atoms with Gasteiger partial charge in [-0.05, 0) is 55.9 Å². The van der Waals surface area contributed by atoms with Crippen molar-refractivity contribution >= 4 is 17.0 Å². The summed E-state index contributed by atoms with van der Waals surface area (Å²) in [4.78, 5) is 16.5. The molecule has 1 heterocycles. The second-order valence-corrected chi connectivity index (χ2v) is 6.57. The van der Waals surface area contributed by atoms with Crippen molar-refractivity contribution in [2.24, 2.45) is 5.92 Å². The number of benzene rings is 1. The molecule has 0 saturated heterocycles. The molecule has 0 spiro atoms. The number of aromatic nitrogens is 2. The molecule has 0 radical (unpaired) electrons. The molecule has 1 aliphatic carbocycles. The van der Waals surface area contributed by atoms with Crippen molar-refractivity contribution in [2.75, 3.05) is 0 Å². The van der Waals surface area contributed by atoms with Crippen molar-refractivity contribution in [3.63, 3.8) is 0 Å². The van der Waals surface area contributed by atoms with Crippen LogP contribution in [0.15, 0.2) is 12.1 Å². The molecule has 0 amide bonds. The number of carboxylic acid groups (broad SMARTS) is 1. The number of hydrogen-bond acceptors (Lipinski definition) is 2. The van der Waals surface area contributed by atoms with Gasteiger partial charge in [0.1, 0.15) is 11.9 Å². The van der Waals surface area contributed by atoms with E-state index in [0.29, 0.717) is 5.92 Å². The first-order chi connectivity index (χ1) is 9.90. The van der Waals surface area contributed by atoms with E-state index < -0.39 is 12.0 Å². The fraction of sp³-hybridized carbons (Fsp3) is 0.529. The fourth-order valence-corrected chi connectivity index (χ4v) is 2.98. The van der Waals surface area contributed by atoms with Gasteiger partial charge in [0.05, 0.1) is 11.0 Å². The standard InChI is InChI=1S/C17H22N2O2/c1-9(2)15(17(20)21)19-14-8-11(4)10(3)7-13(14)18-16(19)12-5-6-12/h7-9,12,15H,5-6H2,1-4H3,(H,20,21). The fourth-order valence-electron chi connectivity index (χ4n) is 2.98. The van der Waals surface area contributed by atoms with E-state index in [1.807, 2.05) is 18.4 Å². The molecule has 1 aromatic heterocycles. The minimum absolute atomic E-state index is 0.0269. The van der Waals surface area contributed by atoms with E-state index in [-0.39, 0.29) is 5.92 Å². The highest BCUT2D eigenvalue weighted by atomic mass is 16.4. The van der Waals surface area contributed by atoms with Crippen molar-refractivity contribution in [3.05, 3.63) is 29.1 Å². The Hall–Kier alpha value is -1.84. The van der Waals surface area contributed by atoms with E-state index in [4.69, 9.17) is 4.98 Å². The number of imidazole rings is 1. The number of fused-ring (bicyclic) bond motifs is 1. The molecule has 1 aromatic carbocycles. The third-order valence-electron chi connectivity index (χ3n) is 4.44. The Labute approximate surface area is 124 Å². The topological polar surface area (TPSA) is 55.1 Å². The van der Waals surface area contributed by atoms with Crippen LogP contribution < -0.4 is 0 Å². The monoisotopic (exact) mass is 286 g/mol. The summed E-state index contributed by atoms with van der Waals surface area (Å²) in [6, 6.07) is 3.61. The van der Waals surface area contributed by atoms with E-state index >= 15 is 0 Å². The highest BCUT2D eigenvalue weighted by Gasteiger charge is 2.35. The molecule has 3 rings (SSSR count). The zero-order chi connectivity index (χ0) is 15.3. The largest absolute Gasteiger partial charge is 0.480 e. The number of carbonyl (C=O) groups is 1. The molecule has 21 heavy (non-hydrogen) atoms. The molecule has 4 heteroatoms. The van der Waals surface area contributed by atoms with Crippen LogP contribution in [0.5, 0.6) is 0 Å². The molecule has 112 valence electrons. The molecule has 1 atom stereocenters. The van der Waals surface area contributed by atoms with E-state index in [9.17, 15) is 9.90 Å². The van der Waals surface area contributed by atoms with Crippen LogP contribution in [0.2, 0.25) is 0 Å². The van der Waals surface area contributed by atoms with Crippen molar-refractivity contribution in [2.45, 2.75) is 52.5 Å². The SMILES string of the molecule is Cc1cc2nc(C3CC3)n(C(C(=O)O)C(C)C)c2cc1C. The molecule has 4 nitrogen and oxygen atoms in total. The summed E-state index contributed by atoms with van der Waals surface area (Å²) in [5.41, 5.74) is 4.26. The van der Waals surface area contributed by atoms with Gasteiger partial charge in [-0.2, -0.15) is 0 Å². The maximum absolute atomic E-state index is 11.8. The summed E-state index contributed by atoms with van der Waals surface area (Å²) < 4.78 is 1.98. The number of hydrogen-bond donors (Lipinski definition) is 1. The van der Waals surface area contributed by atoms with Gasteiger partial charge < -0.3 is 9.67 Å². The van der Waals surface area contributed by atoms with Crippen LogP contribution in [-0.2, 0) is 4.79 Å². The Balaban J connectivity index is 2.29. The smallest absolute Gasteiger partial charge is 0.327 e. The lowest BCUT2D eigenvalue weighted by atomic mass is 10.0. The minimum atomic E-state index is -0.774. The highest BCUT2D eigenvalue weighted by molar-refractivity contribution is 5.82. The van der Waals surface area contributed by atoms with Crippen molar-refractivity contribution < 1.29 is 9.90 Å². The predicted molar refractivity (Wildman–Crippen MR) is 82.7 cm³/mol. The lowest BCUT2D eigenvalue weighted by molar-refractivity contribution is -0.142. The molecule has 1 unspecified atom stereocenters. The first-order valence-corrected chi connectivity index (χ1v) is 7.62. The zero-order valence-corrected chi connectivity index (χ0v) is 13.1. The van der Waals surface area contributed by atoms with Crippen LogP contribution in [0, 0.1) is 19.8 Å². The summed E-state index contributed by atoms with van der Waals surface area (Å²) in [5, 5.41) is 9.68. The lowest BCUT2D eigenvalue weighted by Crippen LogP contribution is -2.25. The summed E-state index contributed by atoms with van der Waals surface area (Å²) in [6.45, 7) is 8.06. The van der Waals surface area contributed by atoms with Gasteiger partial charge in [0.15, 0.2) is 0 Å². The van der Waals surface area contributed by atoms with Gasteiger partial charge >= 0.3 is 5.97 Å². The van der Waals surface area contributed by atoms with E-state index in [1.165, 1.54) is 11.1 Å². The third-order valence-corrected chi connectivity index (χ3v) is 4.44. The van der Waals surface area contributed by atoms with Gasteiger partial charge in [0.2, 0.25) is 0 Å². The molecular weight excluding hydrogens is 264 g/mol. The van der Waals surface area contributed by atoms with Gasteiger partial charge in [-0.3, -0.25) is 0 Å². The van der Waals surface area contributed by atoms with Gasteiger partial charge in [-0.1, -0.05) is 13.8 Å². The maximum Gasteiger partial charge on any atom is 0.327 e. The first-order valence-electron chi connectivity index (χ1n) is 7.62. The number of aryl methyl sites for hydroxylation is 2. The lowest BCUT2D eigenvalue weighted by Gasteiger charge is -2.21. The maximum atomic E-state index is 11.8. The Morgan fingerprint density at radius 1 is 1.29 bits per heavy atom. The molecular formula is C17H22N2O2. The van der Waals surface area contributed by atoms with Crippen LogP contribution in [-0.4, -0.2) is 20.6 Å². The Morgan fingerprint density at radius 3 is 2.43 bits per heavy atom. The van der Waals surface area contributed by atoms with Crippen LogP contribution in [0.1, 0.15) is 55.6 Å². The molecule has 1 fully saturated rings. The summed E-state index contributed by atoms with van der Waals surface area (Å²) in [6.07, 6.45) is 2.23. The summed E-state index contributed by atoms with van der Waals surface area (Å²) in [7, 11) is 0. The highest BCUT2D eigenvalue weighted by Crippen LogP contribution is 2.43. The van der Waals surface area contributed by atoms with E-state index in [1.54, 1.807) is 0 Å². The van der Waals surface area contributed by atoms with Crippen LogP contribution in [0.25, 0.3) is 11.0 Å². The van der Waals surface area contributed by atoms with Gasteiger partial charge in [0.25, 0.3) is 0 Å². The molecule has 0 bridgehead atoms. The van der Waals surface area contributed by atoms with E-state index in [0.717, 1.165) is 29.7 Å². The molecule has 1 saturated carbocycles. The zero-order valence-electron chi connectivity index (χ0n) is 13.1. The second-order valence-electron chi connectivity index (χ2n) is 6.57. The van der Waals surface area contributed by atoms with Crippen molar-refractivity contribution in [1.82, 2.24) is 9.55 Å². The van der Waals surface area contributed by atoms with Gasteiger partial charge in [-0.15, -0.1) is 0 Å². The Morgan fingerprint density at radius 2 is 1.90 bits per heavy atom. The van der Waals surface area contributed by atoms with Crippen LogP contribution >= 0.6 is 0 Å². The average molecular weight is 286 g/mol. The second kappa shape index (κ2) is 4.86. The van der Waals surface area contributed by atoms with Crippen molar-refractivity contribution in [3.8, 4) is 0 Å². The summed E-state index contributed by atoms with van der Waals surface area (Å²) in [5.74, 6) is 0.637. The molecule has 1 N–H and O–H groups in total. The van der Waals surface area contributed by atoms with Crippen molar-refractivity contribution in [1.29, 1.82) is 0 Å². The quantitative estimate of drug-likeness (QED) is 0.929. The first kappa shape index (κ1) is 14.1. The normalized spacial score (nSPS) is 16.6. The minimum Gasteiger partial charge on any atom is -0.480 e. The molecule has 1 aliphatic rings. The predicted octanol–water partition coefficient (Wildman–Crippen LogP) is 3.81. The third kappa shape index (κ3) is 2.33. The number of rotatable bonds is 4. The average Bonchev–Trinajstić information content (AvgIpc) is 3.16. The molecule has 2 aromatic rings. The number of aliphatic carboxylic acids is 1. The number of carboxylic acids is 1. The number of nitrogens with zero attached hydrogens (tertiary/aromatic N) is 2.